The first-order chi connectivity index (χ1) is 13.6. The van der Waals surface area contributed by atoms with Gasteiger partial charge in [0.05, 0.1) is 16.4 Å². The average molecular weight is 416 g/mol. The van der Waals surface area contributed by atoms with Gasteiger partial charge in [0.25, 0.3) is 0 Å². The molecule has 0 radical (unpaired) electrons. The van der Waals surface area contributed by atoms with Crippen LogP contribution in [0.5, 0.6) is 0 Å². The van der Waals surface area contributed by atoms with Gasteiger partial charge in [0.15, 0.2) is 0 Å². The third-order valence-corrected chi connectivity index (χ3v) is 6.63. The molecule has 1 unspecified atom stereocenters. The van der Waals surface area contributed by atoms with Crippen molar-refractivity contribution in [2.45, 2.75) is 38.3 Å². The predicted octanol–water partition coefficient (Wildman–Crippen LogP) is 5.44. The second-order valence-electron chi connectivity index (χ2n) is 7.63. The van der Waals surface area contributed by atoms with Crippen LogP contribution < -0.4 is 0 Å². The molecule has 1 N–H and O–H groups in total. The molecule has 0 saturated carbocycles. The van der Waals surface area contributed by atoms with Gasteiger partial charge in [-0.3, -0.25) is 4.90 Å². The summed E-state index contributed by atoms with van der Waals surface area (Å²) in [6.45, 7) is 1.82. The molecule has 0 amide bonds. The molecule has 1 atom stereocenters. The van der Waals surface area contributed by atoms with Crippen molar-refractivity contribution in [3.05, 3.63) is 74.8 Å². The Balaban J connectivity index is 1.37. The summed E-state index contributed by atoms with van der Waals surface area (Å²) in [6, 6.07) is 11.1. The number of aromatic nitrogens is 2. The lowest BCUT2D eigenvalue weighted by atomic mass is 9.87. The van der Waals surface area contributed by atoms with E-state index in [1.54, 1.807) is 6.07 Å². The SMILES string of the molecule is Fc1ccc(-c2nc3c([nH]2)CN(C2CCc4cccc(Cl)c4C2)CC3)c(Cl)c1. The molecule has 6 heteroatoms. The lowest BCUT2D eigenvalue weighted by Gasteiger charge is -2.37. The molecule has 0 spiro atoms. The highest BCUT2D eigenvalue weighted by atomic mass is 35.5. The summed E-state index contributed by atoms with van der Waals surface area (Å²) >= 11 is 12.7. The quantitative estimate of drug-likeness (QED) is 0.604. The Labute approximate surface area is 173 Å². The van der Waals surface area contributed by atoms with E-state index in [0.29, 0.717) is 16.9 Å². The van der Waals surface area contributed by atoms with Crippen LogP contribution in [0.1, 0.15) is 28.9 Å². The Kier molecular flexibility index (Phi) is 4.66. The van der Waals surface area contributed by atoms with E-state index < -0.39 is 0 Å². The zero-order valence-corrected chi connectivity index (χ0v) is 16.8. The number of aryl methyl sites for hydroxylation is 1. The average Bonchev–Trinajstić information content (AvgIpc) is 3.11. The molecule has 0 saturated heterocycles. The van der Waals surface area contributed by atoms with Crippen LogP contribution in [0, 0.1) is 5.82 Å². The van der Waals surface area contributed by atoms with Gasteiger partial charge < -0.3 is 4.98 Å². The number of imidazole rings is 1. The van der Waals surface area contributed by atoms with E-state index in [4.69, 9.17) is 28.2 Å². The Morgan fingerprint density at radius 2 is 2.00 bits per heavy atom. The molecule has 2 aromatic carbocycles. The van der Waals surface area contributed by atoms with Crippen LogP contribution in [-0.2, 0) is 25.8 Å². The Bertz CT molecular complexity index is 1050. The van der Waals surface area contributed by atoms with Crippen molar-refractivity contribution in [3.8, 4) is 11.4 Å². The molecule has 1 aliphatic heterocycles. The number of nitrogens with zero attached hydrogens (tertiary/aromatic N) is 2. The summed E-state index contributed by atoms with van der Waals surface area (Å²) in [6.07, 6.45) is 4.11. The molecule has 144 valence electrons. The Hall–Kier alpha value is -1.88. The molecule has 28 heavy (non-hydrogen) atoms. The number of hydrogen-bond acceptors (Lipinski definition) is 2. The van der Waals surface area contributed by atoms with Crippen molar-refractivity contribution >= 4 is 23.2 Å². The van der Waals surface area contributed by atoms with Crippen molar-refractivity contribution in [2.24, 2.45) is 0 Å². The van der Waals surface area contributed by atoms with Crippen molar-refractivity contribution in [1.82, 2.24) is 14.9 Å². The molecule has 0 fully saturated rings. The van der Waals surface area contributed by atoms with Gasteiger partial charge in [-0.1, -0.05) is 35.3 Å². The van der Waals surface area contributed by atoms with E-state index in [2.05, 4.69) is 16.0 Å². The van der Waals surface area contributed by atoms with Crippen LogP contribution >= 0.6 is 23.2 Å². The first kappa shape index (κ1) is 18.2. The summed E-state index contributed by atoms with van der Waals surface area (Å²) in [7, 11) is 0. The summed E-state index contributed by atoms with van der Waals surface area (Å²) in [5, 5.41) is 1.26. The van der Waals surface area contributed by atoms with Crippen LogP contribution in [0.15, 0.2) is 36.4 Å². The summed E-state index contributed by atoms with van der Waals surface area (Å²) in [4.78, 5) is 10.7. The van der Waals surface area contributed by atoms with E-state index in [1.165, 1.54) is 23.3 Å². The molecule has 2 aliphatic rings. The highest BCUT2D eigenvalue weighted by Gasteiger charge is 2.29. The van der Waals surface area contributed by atoms with Gasteiger partial charge in [0.2, 0.25) is 0 Å². The maximum atomic E-state index is 13.4. The molecule has 1 aromatic heterocycles. The smallest absolute Gasteiger partial charge is 0.139 e. The van der Waals surface area contributed by atoms with Crippen LogP contribution in [0.2, 0.25) is 10.0 Å². The Morgan fingerprint density at radius 1 is 1.11 bits per heavy atom. The van der Waals surface area contributed by atoms with Gasteiger partial charge in [-0.05, 0) is 54.7 Å². The first-order valence-corrected chi connectivity index (χ1v) is 10.4. The second kappa shape index (κ2) is 7.18. The van der Waals surface area contributed by atoms with E-state index >= 15 is 0 Å². The fourth-order valence-electron chi connectivity index (χ4n) is 4.47. The number of benzene rings is 2. The number of rotatable bonds is 2. The molecule has 3 nitrogen and oxygen atoms in total. The molecule has 3 aromatic rings. The van der Waals surface area contributed by atoms with E-state index in [-0.39, 0.29) is 5.82 Å². The van der Waals surface area contributed by atoms with Crippen molar-refractivity contribution in [3.63, 3.8) is 0 Å². The fourth-order valence-corrected chi connectivity index (χ4v) is 5.00. The first-order valence-electron chi connectivity index (χ1n) is 9.62. The molecule has 1 aliphatic carbocycles. The topological polar surface area (TPSA) is 31.9 Å². The summed E-state index contributed by atoms with van der Waals surface area (Å²) < 4.78 is 13.4. The molecule has 0 bridgehead atoms. The van der Waals surface area contributed by atoms with Crippen molar-refractivity contribution in [2.75, 3.05) is 6.54 Å². The van der Waals surface area contributed by atoms with Gasteiger partial charge >= 0.3 is 0 Å². The van der Waals surface area contributed by atoms with E-state index in [1.807, 2.05) is 12.1 Å². The van der Waals surface area contributed by atoms with Crippen LogP contribution in [0.3, 0.4) is 0 Å². The van der Waals surface area contributed by atoms with Crippen LogP contribution in [0.4, 0.5) is 4.39 Å². The molecular weight excluding hydrogens is 396 g/mol. The maximum Gasteiger partial charge on any atom is 0.139 e. The van der Waals surface area contributed by atoms with Crippen molar-refractivity contribution in [1.29, 1.82) is 0 Å². The zero-order valence-electron chi connectivity index (χ0n) is 15.3. The van der Waals surface area contributed by atoms with Crippen molar-refractivity contribution < 1.29 is 4.39 Å². The summed E-state index contributed by atoms with van der Waals surface area (Å²) in [5.74, 6) is 0.376. The third kappa shape index (κ3) is 3.24. The number of H-pyrrole nitrogens is 1. The minimum atomic E-state index is -0.340. The largest absolute Gasteiger partial charge is 0.340 e. The number of halogens is 3. The Morgan fingerprint density at radius 3 is 2.86 bits per heavy atom. The number of nitrogens with one attached hydrogen (secondary N) is 1. The van der Waals surface area contributed by atoms with Gasteiger partial charge in [-0.15, -0.1) is 0 Å². The van der Waals surface area contributed by atoms with Gasteiger partial charge in [0.1, 0.15) is 11.6 Å². The van der Waals surface area contributed by atoms with Gasteiger partial charge in [-0.2, -0.15) is 0 Å². The predicted molar refractivity (Wildman–Crippen MR) is 110 cm³/mol. The summed E-state index contributed by atoms with van der Waals surface area (Å²) in [5.41, 5.74) is 5.64. The monoisotopic (exact) mass is 415 g/mol. The zero-order chi connectivity index (χ0) is 19.3. The van der Waals surface area contributed by atoms with Crippen LogP contribution in [-0.4, -0.2) is 27.5 Å². The van der Waals surface area contributed by atoms with Gasteiger partial charge in [0, 0.05) is 36.1 Å². The standard InChI is InChI=1S/C22H20Cl2FN3/c23-18-3-1-2-13-4-6-15(11-17(13)18)28-9-8-20-21(12-28)27-22(26-20)16-7-5-14(25)10-19(16)24/h1-3,5,7,10,15H,4,6,8-9,11-12H2,(H,26,27). The van der Waals surface area contributed by atoms with Gasteiger partial charge in [-0.25, -0.2) is 9.37 Å². The molecule has 5 rings (SSSR count). The number of hydrogen-bond donors (Lipinski definition) is 1. The lowest BCUT2D eigenvalue weighted by molar-refractivity contribution is 0.160. The maximum absolute atomic E-state index is 13.4. The number of aromatic amines is 1. The molecule has 2 heterocycles. The van der Waals surface area contributed by atoms with E-state index in [9.17, 15) is 4.39 Å². The minimum Gasteiger partial charge on any atom is -0.340 e. The van der Waals surface area contributed by atoms with Crippen LogP contribution in [0.25, 0.3) is 11.4 Å². The van der Waals surface area contributed by atoms with E-state index in [0.717, 1.165) is 60.7 Å². The molecular formula is C22H20Cl2FN3. The normalized spacial score (nSPS) is 19.3. The number of fused-ring (bicyclic) bond motifs is 2. The highest BCUT2D eigenvalue weighted by Crippen LogP contribution is 2.33. The highest BCUT2D eigenvalue weighted by molar-refractivity contribution is 6.33. The fraction of sp³-hybridized carbons (Fsp3) is 0.318. The minimum absolute atomic E-state index is 0.340. The lowest BCUT2D eigenvalue weighted by Crippen LogP contribution is -2.42. The third-order valence-electron chi connectivity index (χ3n) is 5.97. The second-order valence-corrected chi connectivity index (χ2v) is 8.44.